The number of nitrogens with zero attached hydrogens (tertiary/aromatic N) is 2. The minimum absolute atomic E-state index is 0.00536. The van der Waals surface area contributed by atoms with Gasteiger partial charge in [-0.1, -0.05) is 12.1 Å². The number of aliphatic hydroxyl groups excluding tert-OH is 1. The number of nitrogens with one attached hydrogen (secondary N) is 3. The SMILES string of the molecule is COC(=O)Nc1cccc(C)c1CNc1cc(C(=O)N2CCN(CCO)CC2)cc2c(C)c(C)[nH]c12. The molecule has 0 unspecified atom stereocenters. The summed E-state index contributed by atoms with van der Waals surface area (Å²) in [6.07, 6.45) is -0.522. The van der Waals surface area contributed by atoms with E-state index in [0.717, 1.165) is 52.1 Å². The Morgan fingerprint density at radius 3 is 2.53 bits per heavy atom. The van der Waals surface area contributed by atoms with Crippen LogP contribution in [0.3, 0.4) is 0 Å². The van der Waals surface area contributed by atoms with E-state index in [2.05, 4.69) is 27.4 Å². The number of benzene rings is 2. The maximum atomic E-state index is 13.5. The Bertz CT molecular complexity index is 1260. The van der Waals surface area contributed by atoms with Gasteiger partial charge in [-0.3, -0.25) is 15.0 Å². The van der Waals surface area contributed by atoms with Crippen LogP contribution >= 0.6 is 0 Å². The van der Waals surface area contributed by atoms with Crippen LogP contribution in [0.5, 0.6) is 0 Å². The van der Waals surface area contributed by atoms with Crippen molar-refractivity contribution >= 4 is 34.3 Å². The van der Waals surface area contributed by atoms with Crippen LogP contribution < -0.4 is 10.6 Å². The van der Waals surface area contributed by atoms with E-state index in [0.29, 0.717) is 37.4 Å². The first-order valence-electron chi connectivity index (χ1n) is 12.2. The van der Waals surface area contributed by atoms with Crippen LogP contribution in [0.25, 0.3) is 10.9 Å². The van der Waals surface area contributed by atoms with Crippen LogP contribution in [0.2, 0.25) is 0 Å². The van der Waals surface area contributed by atoms with Crippen molar-refractivity contribution in [1.82, 2.24) is 14.8 Å². The molecular formula is C27H35N5O4. The summed E-state index contributed by atoms with van der Waals surface area (Å²) in [5.74, 6) is 0.00536. The topological polar surface area (TPSA) is 110 Å². The monoisotopic (exact) mass is 493 g/mol. The van der Waals surface area contributed by atoms with E-state index >= 15 is 0 Å². The molecule has 0 aliphatic carbocycles. The summed E-state index contributed by atoms with van der Waals surface area (Å²) < 4.78 is 4.77. The quantitative estimate of drug-likeness (QED) is 0.400. The summed E-state index contributed by atoms with van der Waals surface area (Å²) in [6, 6.07) is 9.61. The van der Waals surface area contributed by atoms with Crippen LogP contribution in [0.1, 0.15) is 32.7 Å². The highest BCUT2D eigenvalue weighted by molar-refractivity contribution is 6.04. The first kappa shape index (κ1) is 25.5. The van der Waals surface area contributed by atoms with Crippen molar-refractivity contribution in [3.8, 4) is 0 Å². The number of rotatable bonds is 7. The number of anilines is 2. The zero-order chi connectivity index (χ0) is 25.8. The standard InChI is InChI=1S/C27H35N5O4/c1-17-6-5-7-23(30-27(35)36-4)22(17)16-28-24-15-20(14-21-18(2)19(3)29-25(21)24)26(34)32-10-8-31(9-11-32)12-13-33/h5-7,14-15,28-29,33H,8-13,16H2,1-4H3,(H,30,35). The van der Waals surface area contributed by atoms with E-state index in [9.17, 15) is 14.7 Å². The van der Waals surface area contributed by atoms with Gasteiger partial charge in [-0.15, -0.1) is 0 Å². The molecule has 2 heterocycles. The zero-order valence-corrected chi connectivity index (χ0v) is 21.4. The van der Waals surface area contributed by atoms with Crippen molar-refractivity contribution in [2.24, 2.45) is 0 Å². The largest absolute Gasteiger partial charge is 0.453 e. The van der Waals surface area contributed by atoms with Gasteiger partial charge in [0.2, 0.25) is 0 Å². The summed E-state index contributed by atoms with van der Waals surface area (Å²) in [5, 5.41) is 16.5. The number of aliphatic hydroxyl groups is 1. The molecule has 1 saturated heterocycles. The number of amides is 2. The van der Waals surface area contributed by atoms with Crippen LogP contribution in [-0.2, 0) is 11.3 Å². The lowest BCUT2D eigenvalue weighted by molar-refractivity contribution is 0.0615. The van der Waals surface area contributed by atoms with Crippen molar-refractivity contribution < 1.29 is 19.4 Å². The zero-order valence-electron chi connectivity index (χ0n) is 21.4. The number of hydrogen-bond donors (Lipinski definition) is 4. The fourth-order valence-electron chi connectivity index (χ4n) is 4.72. The predicted octanol–water partition coefficient (Wildman–Crippen LogP) is 3.63. The fourth-order valence-corrected chi connectivity index (χ4v) is 4.72. The number of fused-ring (bicyclic) bond motifs is 1. The van der Waals surface area contributed by atoms with Crippen LogP contribution in [0.4, 0.5) is 16.2 Å². The highest BCUT2D eigenvalue weighted by Gasteiger charge is 2.23. The third kappa shape index (κ3) is 5.32. The molecule has 192 valence electrons. The molecule has 0 spiro atoms. The number of methoxy groups -OCH3 is 1. The predicted molar refractivity (Wildman–Crippen MR) is 142 cm³/mol. The molecule has 3 aromatic rings. The number of aryl methyl sites for hydroxylation is 3. The van der Waals surface area contributed by atoms with Gasteiger partial charge in [-0.25, -0.2) is 4.79 Å². The number of β-amino-alcohol motifs (C(OH)–C–C–N with tert-alkyl or cyclic N) is 1. The summed E-state index contributed by atoms with van der Waals surface area (Å²) in [6.45, 7) is 10.1. The summed E-state index contributed by atoms with van der Waals surface area (Å²) in [5.41, 5.74) is 7.23. The van der Waals surface area contributed by atoms with Gasteiger partial charge in [0.25, 0.3) is 5.91 Å². The Hall–Kier alpha value is -3.56. The van der Waals surface area contributed by atoms with E-state index in [1.54, 1.807) is 0 Å². The van der Waals surface area contributed by atoms with E-state index in [-0.39, 0.29) is 12.5 Å². The number of hydrogen-bond acceptors (Lipinski definition) is 6. The molecule has 1 aliphatic rings. The van der Waals surface area contributed by atoms with E-state index in [4.69, 9.17) is 4.74 Å². The second kappa shape index (κ2) is 11.0. The Kier molecular flexibility index (Phi) is 7.81. The molecule has 36 heavy (non-hydrogen) atoms. The summed E-state index contributed by atoms with van der Waals surface area (Å²) in [7, 11) is 1.34. The van der Waals surface area contributed by atoms with Crippen molar-refractivity contribution in [3.05, 3.63) is 58.3 Å². The van der Waals surface area contributed by atoms with Crippen molar-refractivity contribution in [2.45, 2.75) is 27.3 Å². The molecule has 1 fully saturated rings. The average Bonchev–Trinajstić information content (AvgIpc) is 3.17. The fraction of sp³-hybridized carbons (Fsp3) is 0.407. The van der Waals surface area contributed by atoms with Gasteiger partial charge in [0.1, 0.15) is 0 Å². The van der Waals surface area contributed by atoms with Crippen molar-refractivity contribution in [3.63, 3.8) is 0 Å². The molecule has 4 rings (SSSR count). The Morgan fingerprint density at radius 2 is 1.83 bits per heavy atom. The lowest BCUT2D eigenvalue weighted by Gasteiger charge is -2.34. The molecule has 1 aromatic heterocycles. The molecule has 1 aliphatic heterocycles. The number of aromatic amines is 1. The molecule has 0 radical (unpaired) electrons. The lowest BCUT2D eigenvalue weighted by Crippen LogP contribution is -2.49. The van der Waals surface area contributed by atoms with Gasteiger partial charge in [-0.2, -0.15) is 0 Å². The molecule has 0 bridgehead atoms. The number of piperazine rings is 1. The van der Waals surface area contributed by atoms with Crippen molar-refractivity contribution in [1.29, 1.82) is 0 Å². The van der Waals surface area contributed by atoms with Crippen molar-refractivity contribution in [2.75, 3.05) is 57.1 Å². The van der Waals surface area contributed by atoms with Crippen LogP contribution in [0.15, 0.2) is 30.3 Å². The van der Waals surface area contributed by atoms with Crippen LogP contribution in [-0.4, -0.2) is 78.3 Å². The minimum Gasteiger partial charge on any atom is -0.453 e. The Morgan fingerprint density at radius 1 is 1.08 bits per heavy atom. The van der Waals surface area contributed by atoms with E-state index in [1.165, 1.54) is 7.11 Å². The minimum atomic E-state index is -0.522. The normalized spacial score (nSPS) is 14.2. The second-order valence-corrected chi connectivity index (χ2v) is 9.25. The molecular weight excluding hydrogens is 458 g/mol. The number of carbonyl (C=O) groups excluding carboxylic acids is 2. The first-order chi connectivity index (χ1) is 17.3. The average molecular weight is 494 g/mol. The maximum absolute atomic E-state index is 13.5. The molecule has 0 atom stereocenters. The van der Waals surface area contributed by atoms with Gasteiger partial charge in [0, 0.05) is 61.6 Å². The first-order valence-corrected chi connectivity index (χ1v) is 12.2. The highest BCUT2D eigenvalue weighted by atomic mass is 16.5. The maximum Gasteiger partial charge on any atom is 0.411 e. The Labute approximate surface area is 211 Å². The van der Waals surface area contributed by atoms with Crippen LogP contribution in [0, 0.1) is 20.8 Å². The number of ether oxygens (including phenoxy) is 1. The van der Waals surface area contributed by atoms with E-state index in [1.807, 2.05) is 49.1 Å². The third-order valence-electron chi connectivity index (χ3n) is 7.03. The van der Waals surface area contributed by atoms with Gasteiger partial charge >= 0.3 is 6.09 Å². The molecule has 2 amide bonds. The second-order valence-electron chi connectivity index (χ2n) is 9.25. The number of H-pyrrole nitrogens is 1. The summed E-state index contributed by atoms with van der Waals surface area (Å²) >= 11 is 0. The molecule has 9 heteroatoms. The number of carbonyl (C=O) groups is 2. The van der Waals surface area contributed by atoms with Gasteiger partial charge in [0.15, 0.2) is 0 Å². The van der Waals surface area contributed by atoms with E-state index < -0.39 is 6.09 Å². The molecule has 0 saturated carbocycles. The molecule has 4 N–H and O–H groups in total. The number of aromatic nitrogens is 1. The summed E-state index contributed by atoms with van der Waals surface area (Å²) in [4.78, 5) is 32.8. The lowest BCUT2D eigenvalue weighted by atomic mass is 10.0. The third-order valence-corrected chi connectivity index (χ3v) is 7.03. The highest BCUT2D eigenvalue weighted by Crippen LogP contribution is 2.31. The molecule has 9 nitrogen and oxygen atoms in total. The Balaban J connectivity index is 1.62. The van der Waals surface area contributed by atoms with Gasteiger partial charge < -0.3 is 25.0 Å². The van der Waals surface area contributed by atoms with Gasteiger partial charge in [-0.05, 0) is 55.7 Å². The molecule has 2 aromatic carbocycles. The smallest absolute Gasteiger partial charge is 0.411 e. The van der Waals surface area contributed by atoms with Gasteiger partial charge in [0.05, 0.1) is 24.9 Å².